The van der Waals surface area contributed by atoms with Crippen LogP contribution in [-0.4, -0.2) is 93.8 Å². The summed E-state index contributed by atoms with van der Waals surface area (Å²) in [5.41, 5.74) is 0.0707. The number of thioether (sulfide) groups is 1. The third-order valence-corrected chi connectivity index (χ3v) is 6.98. The highest BCUT2D eigenvalue weighted by atomic mass is 32.2. The zero-order chi connectivity index (χ0) is 20.7. The molecule has 2 fully saturated rings. The number of carbonyl (C=O) groups is 3. The van der Waals surface area contributed by atoms with Gasteiger partial charge in [0.1, 0.15) is 5.70 Å². The van der Waals surface area contributed by atoms with Gasteiger partial charge in [-0.05, 0) is 20.4 Å². The summed E-state index contributed by atoms with van der Waals surface area (Å²) in [5.74, 6) is -1.99. The number of carbonyl (C=O) groups excluding carboxylic acids is 2. The lowest BCUT2D eigenvalue weighted by Crippen LogP contribution is -2.61. The zero-order valence-corrected chi connectivity index (χ0v) is 17.3. The van der Waals surface area contributed by atoms with Crippen molar-refractivity contribution in [3.05, 3.63) is 22.8 Å². The van der Waals surface area contributed by atoms with Crippen LogP contribution in [0.2, 0.25) is 0 Å². The Morgan fingerprint density at radius 1 is 1.36 bits per heavy atom. The minimum atomic E-state index is -1.10. The summed E-state index contributed by atoms with van der Waals surface area (Å²) >= 11 is 1.51. The number of carboxylic acid groups (broad SMARTS) is 1. The molecule has 0 spiro atoms. The summed E-state index contributed by atoms with van der Waals surface area (Å²) in [5, 5.41) is 19.6. The first kappa shape index (κ1) is 20.9. The van der Waals surface area contributed by atoms with E-state index in [1.165, 1.54) is 21.6 Å². The van der Waals surface area contributed by atoms with E-state index in [1.54, 1.807) is 27.1 Å². The van der Waals surface area contributed by atoms with Crippen LogP contribution in [0.5, 0.6) is 0 Å². The number of β-lactam (4-membered cyclic amide) rings is 1. The molecule has 5 atom stereocenters. The van der Waals surface area contributed by atoms with Crippen LogP contribution in [0.1, 0.15) is 19.8 Å². The number of hydrogen-bond donors (Lipinski definition) is 2. The highest BCUT2D eigenvalue weighted by Crippen LogP contribution is 2.49. The van der Waals surface area contributed by atoms with Crippen molar-refractivity contribution in [2.75, 3.05) is 27.7 Å². The van der Waals surface area contributed by atoms with E-state index >= 15 is 0 Å². The van der Waals surface area contributed by atoms with Crippen LogP contribution in [0.25, 0.3) is 0 Å². The van der Waals surface area contributed by atoms with Gasteiger partial charge in [0.25, 0.3) is 0 Å². The molecule has 3 aliphatic heterocycles. The number of aliphatic hydroxyl groups excluding tert-OH is 1. The Labute approximate surface area is 168 Å². The molecule has 0 saturated carbocycles. The molecule has 0 bridgehead atoms. The monoisotopic (exact) mass is 409 g/mol. The van der Waals surface area contributed by atoms with E-state index < -0.39 is 18.0 Å². The highest BCUT2D eigenvalue weighted by Gasteiger charge is 2.57. The second kappa shape index (κ2) is 7.88. The molecule has 0 aliphatic carbocycles. The van der Waals surface area contributed by atoms with Crippen LogP contribution in [0.4, 0.5) is 0 Å². The van der Waals surface area contributed by atoms with Gasteiger partial charge in [-0.3, -0.25) is 14.5 Å². The molecule has 0 aromatic carbocycles. The third-order valence-electron chi connectivity index (χ3n) is 5.66. The molecule has 28 heavy (non-hydrogen) atoms. The molecule has 2 saturated heterocycles. The maximum atomic E-state index is 12.3. The Morgan fingerprint density at radius 3 is 2.61 bits per heavy atom. The van der Waals surface area contributed by atoms with Gasteiger partial charge in [-0.2, -0.15) is 0 Å². The van der Waals surface area contributed by atoms with Gasteiger partial charge in [0.15, 0.2) is 0 Å². The Hall–Kier alpha value is -1.84. The van der Waals surface area contributed by atoms with E-state index in [2.05, 4.69) is 4.90 Å². The van der Waals surface area contributed by atoms with E-state index in [0.717, 1.165) is 13.0 Å². The summed E-state index contributed by atoms with van der Waals surface area (Å²) in [6.07, 6.45) is 3.96. The number of hydrogen-bond acceptors (Lipinski definition) is 6. The number of likely N-dealkylation sites (tertiary alicyclic amines) is 1. The van der Waals surface area contributed by atoms with Gasteiger partial charge in [0, 0.05) is 49.3 Å². The van der Waals surface area contributed by atoms with Crippen molar-refractivity contribution in [2.45, 2.75) is 43.2 Å². The van der Waals surface area contributed by atoms with Gasteiger partial charge in [-0.1, -0.05) is 6.08 Å². The van der Waals surface area contributed by atoms with Crippen LogP contribution in [-0.2, 0) is 14.4 Å². The molecule has 2 amide bonds. The molecular weight excluding hydrogens is 382 g/mol. The first-order chi connectivity index (χ1) is 13.1. The summed E-state index contributed by atoms with van der Waals surface area (Å²) in [7, 11) is 5.39. The van der Waals surface area contributed by atoms with Crippen LogP contribution in [0.15, 0.2) is 22.8 Å². The Balaban J connectivity index is 1.69. The van der Waals surface area contributed by atoms with Crippen molar-refractivity contribution in [2.24, 2.45) is 5.92 Å². The topological polar surface area (TPSA) is 101 Å². The number of carboxylic acids is 1. The second-order valence-corrected chi connectivity index (χ2v) is 9.29. The van der Waals surface area contributed by atoms with Crippen LogP contribution in [0.3, 0.4) is 0 Å². The quantitative estimate of drug-likeness (QED) is 0.482. The molecule has 154 valence electrons. The molecule has 0 radical (unpaired) electrons. The number of nitrogens with zero attached hydrogens (tertiary/aromatic N) is 3. The standard InChI is InChI=1S/C19H27N3O5S/c1-10(23)16-13-8-14(17(19(26)27)22(13)18(16)25)28-12-7-11(21(4)9-12)5-6-15(24)20(2)3/h5-6,10-13,16,23H,7-9H2,1-4H3,(H,26,27)/b6-5+/t10-,11-,12+,13-,16-/m1/s1. The van der Waals surface area contributed by atoms with Gasteiger partial charge in [0.2, 0.25) is 11.8 Å². The minimum Gasteiger partial charge on any atom is -0.477 e. The predicted octanol–water partition coefficient (Wildman–Crippen LogP) is 0.344. The Morgan fingerprint density at radius 2 is 2.04 bits per heavy atom. The lowest BCUT2D eigenvalue weighted by atomic mass is 9.83. The highest BCUT2D eigenvalue weighted by molar-refractivity contribution is 8.03. The fraction of sp³-hybridized carbons (Fsp3) is 0.632. The molecule has 2 N–H and O–H groups in total. The third kappa shape index (κ3) is 3.70. The van der Waals surface area contributed by atoms with E-state index in [-0.39, 0.29) is 34.8 Å². The van der Waals surface area contributed by atoms with Gasteiger partial charge < -0.3 is 20.0 Å². The van der Waals surface area contributed by atoms with E-state index in [1.807, 2.05) is 13.1 Å². The summed E-state index contributed by atoms with van der Waals surface area (Å²) in [6, 6.07) is -0.144. The first-order valence-corrected chi connectivity index (χ1v) is 10.2. The number of likely N-dealkylation sites (N-methyl/N-ethyl adjacent to an activating group) is 2. The van der Waals surface area contributed by atoms with Crippen LogP contribution < -0.4 is 0 Å². The van der Waals surface area contributed by atoms with Crippen molar-refractivity contribution in [3.8, 4) is 0 Å². The van der Waals surface area contributed by atoms with Crippen LogP contribution in [0, 0.1) is 5.92 Å². The number of rotatable bonds is 6. The number of aliphatic hydroxyl groups is 1. The minimum absolute atomic E-state index is 0.0665. The molecule has 0 aromatic rings. The van der Waals surface area contributed by atoms with Crippen molar-refractivity contribution in [3.63, 3.8) is 0 Å². The fourth-order valence-corrected chi connectivity index (χ4v) is 5.74. The number of fused-ring (bicyclic) bond motifs is 1. The molecule has 3 heterocycles. The maximum absolute atomic E-state index is 12.3. The number of aliphatic carboxylic acids is 1. The maximum Gasteiger partial charge on any atom is 0.353 e. The Bertz CT molecular complexity index is 748. The van der Waals surface area contributed by atoms with Crippen molar-refractivity contribution in [1.82, 2.24) is 14.7 Å². The van der Waals surface area contributed by atoms with Crippen molar-refractivity contribution in [1.29, 1.82) is 0 Å². The summed E-state index contributed by atoms with van der Waals surface area (Å²) in [4.78, 5) is 41.5. The lowest BCUT2D eigenvalue weighted by Gasteiger charge is -2.44. The molecule has 0 unspecified atom stereocenters. The molecule has 0 aromatic heterocycles. The van der Waals surface area contributed by atoms with Crippen LogP contribution >= 0.6 is 11.8 Å². The average Bonchev–Trinajstić information content (AvgIpc) is 3.10. The van der Waals surface area contributed by atoms with Gasteiger partial charge >= 0.3 is 5.97 Å². The van der Waals surface area contributed by atoms with E-state index in [0.29, 0.717) is 11.3 Å². The largest absolute Gasteiger partial charge is 0.477 e. The molecule has 3 rings (SSSR count). The first-order valence-electron chi connectivity index (χ1n) is 9.35. The molecular formula is C19H27N3O5S. The van der Waals surface area contributed by atoms with E-state index in [9.17, 15) is 24.6 Å². The second-order valence-electron chi connectivity index (χ2n) is 7.90. The summed E-state index contributed by atoms with van der Waals surface area (Å²) < 4.78 is 0. The fourth-order valence-electron chi connectivity index (χ4n) is 4.17. The Kier molecular flexibility index (Phi) is 5.88. The normalized spacial score (nSPS) is 31.3. The smallest absolute Gasteiger partial charge is 0.353 e. The average molecular weight is 410 g/mol. The predicted molar refractivity (Wildman–Crippen MR) is 105 cm³/mol. The van der Waals surface area contributed by atoms with E-state index in [4.69, 9.17) is 0 Å². The van der Waals surface area contributed by atoms with Gasteiger partial charge in [0.05, 0.1) is 18.1 Å². The molecule has 9 heteroatoms. The summed E-state index contributed by atoms with van der Waals surface area (Å²) in [6.45, 7) is 2.34. The number of amides is 2. The lowest BCUT2D eigenvalue weighted by molar-refractivity contribution is -0.161. The molecule has 8 nitrogen and oxygen atoms in total. The van der Waals surface area contributed by atoms with Gasteiger partial charge in [-0.25, -0.2) is 4.79 Å². The molecule has 3 aliphatic rings. The van der Waals surface area contributed by atoms with Gasteiger partial charge in [-0.15, -0.1) is 11.8 Å². The zero-order valence-electron chi connectivity index (χ0n) is 16.5. The van der Waals surface area contributed by atoms with Crippen molar-refractivity contribution < 1.29 is 24.6 Å². The SMILES string of the molecule is C[C@@H](O)[C@H]1C(=O)N2C(C(=O)O)=C(S[C@H]3C[C@@H](/C=C/C(=O)N(C)C)N(C)C3)C[C@H]12. The van der Waals surface area contributed by atoms with Crippen molar-refractivity contribution >= 4 is 29.5 Å².